The predicted molar refractivity (Wildman–Crippen MR) is 76.3 cm³/mol. The number of aromatic amines is 1. The molecule has 2 atom stereocenters. The van der Waals surface area contributed by atoms with Gasteiger partial charge in [-0.25, -0.2) is 0 Å². The Morgan fingerprint density at radius 3 is 2.94 bits per heavy atom. The third kappa shape index (κ3) is 1.18. The summed E-state index contributed by atoms with van der Waals surface area (Å²) in [4.78, 5) is 3.62. The third-order valence-corrected chi connectivity index (χ3v) is 5.05. The van der Waals surface area contributed by atoms with Gasteiger partial charge in [-0.15, -0.1) is 0 Å². The van der Waals surface area contributed by atoms with Gasteiger partial charge in [0.25, 0.3) is 0 Å². The summed E-state index contributed by atoms with van der Waals surface area (Å²) in [6, 6.07) is 6.18. The number of hydrogen-bond acceptors (Lipinski definition) is 0. The van der Waals surface area contributed by atoms with E-state index in [1.165, 1.54) is 28.6 Å². The van der Waals surface area contributed by atoms with Crippen molar-refractivity contribution in [2.24, 2.45) is 5.92 Å². The Bertz CT molecular complexity index is 678. The molecule has 18 heavy (non-hydrogen) atoms. The topological polar surface area (TPSA) is 15.8 Å². The second-order valence-electron chi connectivity index (χ2n) is 6.16. The largest absolute Gasteiger partial charge is 0.358 e. The van der Waals surface area contributed by atoms with Crippen molar-refractivity contribution < 1.29 is 0 Å². The van der Waals surface area contributed by atoms with Crippen molar-refractivity contribution >= 4 is 22.5 Å². The van der Waals surface area contributed by atoms with Crippen molar-refractivity contribution in [1.82, 2.24) is 4.98 Å². The van der Waals surface area contributed by atoms with Crippen LogP contribution in [0, 0.1) is 5.92 Å². The summed E-state index contributed by atoms with van der Waals surface area (Å²) in [6.07, 6.45) is 6.02. The van der Waals surface area contributed by atoms with Gasteiger partial charge in [-0.1, -0.05) is 37.6 Å². The second kappa shape index (κ2) is 3.21. The average Bonchev–Trinajstić information content (AvgIpc) is 2.89. The Labute approximate surface area is 112 Å². The molecule has 2 aromatic rings. The van der Waals surface area contributed by atoms with Crippen LogP contribution in [0.4, 0.5) is 0 Å². The number of aromatic nitrogens is 1. The van der Waals surface area contributed by atoms with Gasteiger partial charge >= 0.3 is 0 Å². The zero-order valence-corrected chi connectivity index (χ0v) is 11.4. The van der Waals surface area contributed by atoms with E-state index in [1.807, 2.05) is 6.07 Å². The minimum atomic E-state index is 0.196. The number of hydrogen-bond donors (Lipinski definition) is 1. The maximum atomic E-state index is 6.17. The van der Waals surface area contributed by atoms with E-state index >= 15 is 0 Å². The van der Waals surface area contributed by atoms with Crippen LogP contribution in [0.2, 0.25) is 5.02 Å². The molecular formula is C16H16ClN. The first kappa shape index (κ1) is 10.7. The highest BCUT2D eigenvalue weighted by atomic mass is 35.5. The summed E-state index contributed by atoms with van der Waals surface area (Å²) >= 11 is 6.17. The first-order valence-corrected chi connectivity index (χ1v) is 6.95. The number of rotatable bonds is 0. The van der Waals surface area contributed by atoms with Crippen molar-refractivity contribution in [3.8, 4) is 0 Å². The second-order valence-corrected chi connectivity index (χ2v) is 6.60. The van der Waals surface area contributed by atoms with Crippen LogP contribution in [0.3, 0.4) is 0 Å². The van der Waals surface area contributed by atoms with Gasteiger partial charge in [-0.3, -0.25) is 0 Å². The van der Waals surface area contributed by atoms with Crippen LogP contribution in [-0.4, -0.2) is 4.98 Å². The van der Waals surface area contributed by atoms with Crippen LogP contribution >= 0.6 is 11.6 Å². The van der Waals surface area contributed by atoms with Gasteiger partial charge in [0.05, 0.1) is 0 Å². The molecule has 0 spiro atoms. The van der Waals surface area contributed by atoms with E-state index in [-0.39, 0.29) is 5.41 Å². The summed E-state index contributed by atoms with van der Waals surface area (Å²) in [6.45, 7) is 4.72. The highest BCUT2D eigenvalue weighted by molar-refractivity contribution is 6.31. The summed E-state index contributed by atoms with van der Waals surface area (Å²) in [5, 5.41) is 2.13. The van der Waals surface area contributed by atoms with E-state index in [0.717, 1.165) is 5.02 Å². The van der Waals surface area contributed by atoms with Crippen LogP contribution in [-0.2, 0) is 5.41 Å². The lowest BCUT2D eigenvalue weighted by Gasteiger charge is -2.37. The predicted octanol–water partition coefficient (Wildman–Crippen LogP) is 4.77. The van der Waals surface area contributed by atoms with Gasteiger partial charge in [0, 0.05) is 27.5 Å². The molecule has 4 rings (SSSR count). The van der Waals surface area contributed by atoms with Gasteiger partial charge in [0.15, 0.2) is 0 Å². The quantitative estimate of drug-likeness (QED) is 0.654. The summed E-state index contributed by atoms with van der Waals surface area (Å²) in [7, 11) is 0. The Balaban J connectivity index is 2.12. The lowest BCUT2D eigenvalue weighted by molar-refractivity contribution is 0.343. The summed E-state index contributed by atoms with van der Waals surface area (Å²) in [5.41, 5.74) is 4.30. The first-order chi connectivity index (χ1) is 8.57. The monoisotopic (exact) mass is 257 g/mol. The number of nitrogens with one attached hydrogen (secondary N) is 1. The Morgan fingerprint density at radius 2 is 2.11 bits per heavy atom. The van der Waals surface area contributed by atoms with E-state index in [0.29, 0.717) is 11.8 Å². The molecule has 2 aliphatic rings. The highest BCUT2D eigenvalue weighted by Crippen LogP contribution is 2.53. The molecule has 0 amide bonds. The Morgan fingerprint density at radius 1 is 1.28 bits per heavy atom. The molecule has 2 aliphatic carbocycles. The lowest BCUT2D eigenvalue weighted by atomic mass is 9.67. The minimum Gasteiger partial charge on any atom is -0.358 e. The smallest absolute Gasteiger partial charge is 0.0460 e. The molecule has 0 fully saturated rings. The van der Waals surface area contributed by atoms with E-state index in [9.17, 15) is 0 Å². The molecule has 0 saturated carbocycles. The van der Waals surface area contributed by atoms with Gasteiger partial charge < -0.3 is 4.98 Å². The van der Waals surface area contributed by atoms with Crippen LogP contribution in [0.5, 0.6) is 0 Å². The van der Waals surface area contributed by atoms with Crippen LogP contribution in [0.15, 0.2) is 30.4 Å². The lowest BCUT2D eigenvalue weighted by Crippen LogP contribution is -2.31. The van der Waals surface area contributed by atoms with Crippen molar-refractivity contribution in [3.05, 3.63) is 46.6 Å². The van der Waals surface area contributed by atoms with Crippen LogP contribution in [0.1, 0.15) is 37.4 Å². The molecule has 2 heteroatoms. The fourth-order valence-electron chi connectivity index (χ4n) is 3.79. The van der Waals surface area contributed by atoms with Gasteiger partial charge in [-0.2, -0.15) is 0 Å². The Kier molecular flexibility index (Phi) is 1.91. The fourth-order valence-corrected chi connectivity index (χ4v) is 3.96. The van der Waals surface area contributed by atoms with Gasteiger partial charge in [0.1, 0.15) is 0 Å². The van der Waals surface area contributed by atoms with Gasteiger partial charge in [0.2, 0.25) is 0 Å². The Hall–Kier alpha value is -1.21. The third-order valence-electron chi connectivity index (χ3n) is 4.82. The maximum Gasteiger partial charge on any atom is 0.0460 e. The van der Waals surface area contributed by atoms with Crippen molar-refractivity contribution in [2.75, 3.05) is 0 Å². The van der Waals surface area contributed by atoms with Crippen molar-refractivity contribution in [2.45, 2.75) is 31.6 Å². The molecule has 1 heterocycles. The zero-order valence-electron chi connectivity index (χ0n) is 10.6. The standard InChI is InChI=1S/C16H16ClN/c1-16(2)10-4-3-9(7-10)15-14(16)12-8-11(17)5-6-13(12)18-15/h3-6,8-10,18H,7H2,1-2H3. The maximum absolute atomic E-state index is 6.17. The van der Waals surface area contributed by atoms with E-state index < -0.39 is 0 Å². The molecular weight excluding hydrogens is 242 g/mol. The summed E-state index contributed by atoms with van der Waals surface area (Å²) < 4.78 is 0. The molecule has 1 aromatic carbocycles. The zero-order chi connectivity index (χ0) is 12.5. The number of H-pyrrole nitrogens is 1. The molecule has 0 saturated heterocycles. The first-order valence-electron chi connectivity index (χ1n) is 6.57. The van der Waals surface area contributed by atoms with Crippen molar-refractivity contribution in [1.29, 1.82) is 0 Å². The number of allylic oxidation sites excluding steroid dienone is 2. The molecule has 1 aromatic heterocycles. The number of benzene rings is 1. The SMILES string of the molecule is CC1(C)c2c([nH]c3ccc(Cl)cc23)C2C=CC1C2. The molecule has 1 nitrogen and oxygen atoms in total. The van der Waals surface area contributed by atoms with Gasteiger partial charge in [-0.05, 0) is 41.5 Å². The summed E-state index contributed by atoms with van der Waals surface area (Å²) in [5.74, 6) is 1.23. The number of halogens is 1. The molecule has 2 unspecified atom stereocenters. The number of fused-ring (bicyclic) bond motifs is 6. The molecule has 0 radical (unpaired) electrons. The van der Waals surface area contributed by atoms with E-state index in [2.05, 4.69) is 43.1 Å². The minimum absolute atomic E-state index is 0.196. The molecule has 2 bridgehead atoms. The molecule has 1 N–H and O–H groups in total. The van der Waals surface area contributed by atoms with Crippen LogP contribution < -0.4 is 0 Å². The molecule has 0 aliphatic heterocycles. The van der Waals surface area contributed by atoms with Crippen molar-refractivity contribution in [3.63, 3.8) is 0 Å². The fraction of sp³-hybridized carbons (Fsp3) is 0.375. The average molecular weight is 258 g/mol. The normalized spacial score (nSPS) is 27.7. The van der Waals surface area contributed by atoms with E-state index in [4.69, 9.17) is 11.6 Å². The van der Waals surface area contributed by atoms with E-state index in [1.54, 1.807) is 0 Å². The van der Waals surface area contributed by atoms with Crippen LogP contribution in [0.25, 0.3) is 10.9 Å². The highest BCUT2D eigenvalue weighted by Gasteiger charge is 2.43. The molecule has 92 valence electrons.